The summed E-state index contributed by atoms with van der Waals surface area (Å²) >= 11 is 5.97. The third kappa shape index (κ3) is 4.88. The van der Waals surface area contributed by atoms with E-state index >= 15 is 0 Å². The highest BCUT2D eigenvalue weighted by atomic mass is 35.5. The number of ether oxygens (including phenoxy) is 1. The van der Waals surface area contributed by atoms with Crippen molar-refractivity contribution < 1.29 is 17.9 Å². The van der Waals surface area contributed by atoms with Crippen molar-refractivity contribution in [2.24, 2.45) is 11.8 Å². The van der Waals surface area contributed by atoms with Crippen LogP contribution < -0.4 is 4.74 Å². The number of methoxy groups -OCH3 is 1. The second-order valence-corrected chi connectivity index (χ2v) is 9.85. The second kappa shape index (κ2) is 7.96. The number of benzene rings is 1. The highest BCUT2D eigenvalue weighted by Gasteiger charge is 2.35. The van der Waals surface area contributed by atoms with Crippen molar-refractivity contribution in [1.82, 2.24) is 4.90 Å². The molecule has 5 nitrogen and oxygen atoms in total. The molecular weight excluding hydrogens is 362 g/mol. The van der Waals surface area contributed by atoms with E-state index in [0.29, 0.717) is 41.3 Å². The van der Waals surface area contributed by atoms with Gasteiger partial charge in [-0.1, -0.05) is 25.4 Å². The molecule has 0 radical (unpaired) electrons. The third-order valence-electron chi connectivity index (χ3n) is 4.67. The Morgan fingerprint density at radius 2 is 1.92 bits per heavy atom. The summed E-state index contributed by atoms with van der Waals surface area (Å²) in [6.45, 7) is 6.88. The van der Waals surface area contributed by atoms with Crippen molar-refractivity contribution >= 4 is 27.3 Å². The van der Waals surface area contributed by atoms with Crippen LogP contribution in [0.5, 0.6) is 5.75 Å². The van der Waals surface area contributed by atoms with Gasteiger partial charge in [0.25, 0.3) is 0 Å². The highest BCUT2D eigenvalue weighted by molar-refractivity contribution is 7.92. The topological polar surface area (TPSA) is 63.7 Å². The smallest absolute Gasteiger partial charge is 0.240 e. The molecule has 1 amide bonds. The molecule has 1 fully saturated rings. The van der Waals surface area contributed by atoms with E-state index < -0.39 is 15.1 Å². The van der Waals surface area contributed by atoms with Gasteiger partial charge in [0.15, 0.2) is 9.84 Å². The normalized spacial score (nSPS) is 22.5. The number of carbonyl (C=O) groups is 1. The van der Waals surface area contributed by atoms with E-state index in [2.05, 4.69) is 13.8 Å². The van der Waals surface area contributed by atoms with Crippen molar-refractivity contribution in [3.63, 3.8) is 0 Å². The average molecular weight is 388 g/mol. The summed E-state index contributed by atoms with van der Waals surface area (Å²) in [6.07, 6.45) is 1.06. The summed E-state index contributed by atoms with van der Waals surface area (Å²) in [6, 6.07) is 4.84. The van der Waals surface area contributed by atoms with Gasteiger partial charge in [0.2, 0.25) is 5.91 Å². The quantitative estimate of drug-likeness (QED) is 0.778. The van der Waals surface area contributed by atoms with E-state index in [0.717, 1.165) is 6.42 Å². The Bertz CT molecular complexity index is 725. The summed E-state index contributed by atoms with van der Waals surface area (Å²) in [5, 5.41) is -0.655. The first-order valence-electron chi connectivity index (χ1n) is 8.46. The molecule has 1 aromatic carbocycles. The van der Waals surface area contributed by atoms with Gasteiger partial charge in [-0.15, -0.1) is 0 Å². The van der Waals surface area contributed by atoms with Crippen molar-refractivity contribution in [2.45, 2.75) is 38.2 Å². The lowest BCUT2D eigenvalue weighted by Gasteiger charge is -2.36. The largest absolute Gasteiger partial charge is 0.496 e. The highest BCUT2D eigenvalue weighted by Crippen LogP contribution is 2.27. The van der Waals surface area contributed by atoms with Crippen LogP contribution in [0, 0.1) is 11.8 Å². The number of hydrogen-bond acceptors (Lipinski definition) is 4. The lowest BCUT2D eigenvalue weighted by Crippen LogP contribution is -2.48. The molecule has 1 aliphatic heterocycles. The van der Waals surface area contributed by atoms with Crippen molar-refractivity contribution in [3.8, 4) is 5.75 Å². The van der Waals surface area contributed by atoms with E-state index in [1.54, 1.807) is 23.1 Å². The van der Waals surface area contributed by atoms with Gasteiger partial charge < -0.3 is 9.64 Å². The van der Waals surface area contributed by atoms with Crippen LogP contribution in [0.3, 0.4) is 0 Å². The van der Waals surface area contributed by atoms with Gasteiger partial charge in [-0.3, -0.25) is 4.79 Å². The molecule has 25 heavy (non-hydrogen) atoms. The number of sulfone groups is 1. The molecule has 0 saturated carbocycles. The molecule has 1 aliphatic rings. The molecule has 0 N–H and O–H groups in total. The molecule has 0 aromatic heterocycles. The maximum absolute atomic E-state index is 12.8. The zero-order valence-corrected chi connectivity index (χ0v) is 16.7. The van der Waals surface area contributed by atoms with Crippen molar-refractivity contribution in [1.29, 1.82) is 0 Å². The minimum Gasteiger partial charge on any atom is -0.496 e. The molecule has 0 bridgehead atoms. The first-order chi connectivity index (χ1) is 11.6. The Morgan fingerprint density at radius 1 is 1.32 bits per heavy atom. The van der Waals surface area contributed by atoms with Gasteiger partial charge in [-0.25, -0.2) is 8.42 Å². The SMILES string of the molecule is COc1ccc(Cl)cc1CS(=O)(=O)[C@H](C)C(=O)N1C[C@@H](C)C[C@H](C)C1. The summed E-state index contributed by atoms with van der Waals surface area (Å²) < 4.78 is 30.8. The first-order valence-corrected chi connectivity index (χ1v) is 10.6. The molecule has 0 aliphatic carbocycles. The van der Waals surface area contributed by atoms with Gasteiger partial charge >= 0.3 is 0 Å². The van der Waals surface area contributed by atoms with Crippen molar-refractivity contribution in [3.05, 3.63) is 28.8 Å². The average Bonchev–Trinajstić information content (AvgIpc) is 2.52. The Kier molecular flexibility index (Phi) is 6.38. The fourth-order valence-electron chi connectivity index (χ4n) is 3.46. The van der Waals surface area contributed by atoms with Crippen LogP contribution in [0.1, 0.15) is 32.8 Å². The molecule has 0 spiro atoms. The first kappa shape index (κ1) is 20.0. The standard InChI is InChI=1S/C18H26ClNO4S/c1-12-7-13(2)10-20(9-12)18(21)14(3)25(22,23)11-15-8-16(19)5-6-17(15)24-4/h5-6,8,12-14H,7,9-11H2,1-4H3/t12-,13-,14+/m0/s1. The summed E-state index contributed by atoms with van der Waals surface area (Å²) in [4.78, 5) is 14.4. The van der Waals surface area contributed by atoms with E-state index in [-0.39, 0.29) is 11.7 Å². The number of likely N-dealkylation sites (tertiary alicyclic amines) is 1. The maximum atomic E-state index is 12.8. The molecule has 2 rings (SSSR count). The van der Waals surface area contributed by atoms with Crippen LogP contribution in [0.2, 0.25) is 5.02 Å². The van der Waals surface area contributed by atoms with Gasteiger partial charge in [-0.2, -0.15) is 0 Å². The van der Waals surface area contributed by atoms with Gasteiger partial charge in [0.1, 0.15) is 11.0 Å². The zero-order chi connectivity index (χ0) is 18.8. The number of nitrogens with zero attached hydrogens (tertiary/aromatic N) is 1. The summed E-state index contributed by atoms with van der Waals surface area (Å²) in [5.74, 6) is 0.626. The lowest BCUT2D eigenvalue weighted by molar-refractivity contribution is -0.133. The van der Waals surface area contributed by atoms with Crippen LogP contribution in [-0.2, 0) is 20.4 Å². The van der Waals surface area contributed by atoms with Crippen LogP contribution in [0.25, 0.3) is 0 Å². The minimum atomic E-state index is -3.68. The number of piperidine rings is 1. The fraction of sp³-hybridized carbons (Fsp3) is 0.611. The molecule has 140 valence electrons. The monoisotopic (exact) mass is 387 g/mol. The van der Waals surface area contributed by atoms with Crippen molar-refractivity contribution in [2.75, 3.05) is 20.2 Å². The Morgan fingerprint density at radius 3 is 2.48 bits per heavy atom. The molecule has 7 heteroatoms. The maximum Gasteiger partial charge on any atom is 0.240 e. The lowest BCUT2D eigenvalue weighted by atomic mass is 9.92. The van der Waals surface area contributed by atoms with Gasteiger partial charge in [0.05, 0.1) is 12.9 Å². The Hall–Kier alpha value is -1.27. The number of hydrogen-bond donors (Lipinski definition) is 0. The molecule has 1 aromatic rings. The minimum absolute atomic E-state index is 0.275. The van der Waals surface area contributed by atoms with E-state index in [4.69, 9.17) is 16.3 Å². The molecular formula is C18H26ClNO4S. The van der Waals surface area contributed by atoms with Gasteiger partial charge in [0, 0.05) is 23.7 Å². The number of halogens is 1. The number of rotatable bonds is 5. The van der Waals surface area contributed by atoms with E-state index in [1.807, 2.05) is 0 Å². The second-order valence-electron chi connectivity index (χ2n) is 7.09. The van der Waals surface area contributed by atoms with Crippen LogP contribution in [0.4, 0.5) is 0 Å². The predicted octanol–water partition coefficient (Wildman–Crippen LogP) is 3.16. The van der Waals surface area contributed by atoms with Crippen LogP contribution >= 0.6 is 11.6 Å². The Balaban J connectivity index is 2.18. The summed E-state index contributed by atoms with van der Waals surface area (Å²) in [5.41, 5.74) is 0.468. The number of carbonyl (C=O) groups excluding carboxylic acids is 1. The van der Waals surface area contributed by atoms with Gasteiger partial charge in [-0.05, 0) is 43.4 Å². The molecule has 0 unspecified atom stereocenters. The van der Waals surface area contributed by atoms with E-state index in [1.165, 1.54) is 14.0 Å². The third-order valence-corrected chi connectivity index (χ3v) is 6.89. The number of amides is 1. The molecule has 1 saturated heterocycles. The molecule has 3 atom stereocenters. The van der Waals surface area contributed by atoms with Crippen LogP contribution in [-0.4, -0.2) is 44.7 Å². The Labute approximate surface area is 155 Å². The molecule has 1 heterocycles. The zero-order valence-electron chi connectivity index (χ0n) is 15.2. The van der Waals surface area contributed by atoms with Crippen LogP contribution in [0.15, 0.2) is 18.2 Å². The predicted molar refractivity (Wildman–Crippen MR) is 99.6 cm³/mol. The summed E-state index contributed by atoms with van der Waals surface area (Å²) in [7, 11) is -2.20. The van der Waals surface area contributed by atoms with E-state index in [9.17, 15) is 13.2 Å². The fourth-order valence-corrected chi connectivity index (χ4v) is 5.02.